The molecule has 0 aliphatic carbocycles. The highest BCUT2D eigenvalue weighted by atomic mass is 16.5. The van der Waals surface area contributed by atoms with Gasteiger partial charge in [-0.25, -0.2) is 9.59 Å². The Morgan fingerprint density at radius 2 is 1.36 bits per heavy atom. The van der Waals surface area contributed by atoms with Crippen LogP contribution < -0.4 is 28.4 Å². The summed E-state index contributed by atoms with van der Waals surface area (Å²) in [6.07, 6.45) is 5.61. The number of quaternary nitrogens is 2. The number of likely N-dealkylation sites (N-methyl/N-ethyl adjacent to an activating group) is 1. The number of fused-ring (bicyclic) bond motifs is 1. The number of methoxy groups -OCH3 is 6. The molecule has 12 heteroatoms. The van der Waals surface area contributed by atoms with E-state index in [9.17, 15) is 9.59 Å². The van der Waals surface area contributed by atoms with Crippen LogP contribution in [0, 0.1) is 5.92 Å². The number of rotatable bonds is 18. The van der Waals surface area contributed by atoms with Gasteiger partial charge in [0.1, 0.15) is 24.9 Å². The molecule has 0 amide bonds. The van der Waals surface area contributed by atoms with E-state index in [0.29, 0.717) is 29.4 Å². The minimum Gasteiger partial charge on any atom is -0.497 e. The lowest BCUT2D eigenvalue weighted by Crippen LogP contribution is -2.52. The molecular weight excluding hydrogens is 704 g/mol. The Labute approximate surface area is 325 Å². The summed E-state index contributed by atoms with van der Waals surface area (Å²) in [4.78, 5) is 25.2. The van der Waals surface area contributed by atoms with E-state index in [1.165, 1.54) is 16.7 Å². The Morgan fingerprint density at radius 3 is 1.98 bits per heavy atom. The molecule has 0 saturated carbocycles. The standard InChI is InChI=1S/C43H58N2O10/c1-44(28-32-23-39(51-6)43(53-8)40(24-32)52-7)19-16-31(27-44)29-55-42(47)15-14-41(46)54-21-9-18-45(2)20-17-33-25-37(49-4)38(50-5)26-35(33)36(45)22-30-10-12-34(48-3)13-11-30/h10-15,23-26,31,36H,9,16-22,27-29H2,1-8H3/q+2. The number of benzene rings is 3. The highest BCUT2D eigenvalue weighted by molar-refractivity contribution is 5.91. The second-order valence-electron chi connectivity index (χ2n) is 15.0. The van der Waals surface area contributed by atoms with Crippen molar-refractivity contribution in [3.8, 4) is 34.5 Å². The number of hydrogen-bond donors (Lipinski definition) is 0. The Kier molecular flexibility index (Phi) is 13.9. The topological polar surface area (TPSA) is 108 Å². The number of hydrogen-bond acceptors (Lipinski definition) is 10. The molecule has 4 atom stereocenters. The van der Waals surface area contributed by atoms with Crippen LogP contribution in [0.4, 0.5) is 0 Å². The van der Waals surface area contributed by atoms with Crippen molar-refractivity contribution in [1.82, 2.24) is 0 Å². The fourth-order valence-electron chi connectivity index (χ4n) is 8.19. The van der Waals surface area contributed by atoms with E-state index < -0.39 is 11.9 Å². The molecule has 12 nitrogen and oxygen atoms in total. The van der Waals surface area contributed by atoms with Crippen molar-refractivity contribution in [3.05, 3.63) is 82.9 Å². The lowest BCUT2D eigenvalue weighted by atomic mass is 9.86. The second kappa shape index (κ2) is 18.6. The first-order valence-electron chi connectivity index (χ1n) is 18.8. The van der Waals surface area contributed by atoms with Gasteiger partial charge in [0.25, 0.3) is 0 Å². The zero-order chi connectivity index (χ0) is 39.6. The van der Waals surface area contributed by atoms with Crippen LogP contribution in [-0.4, -0.2) is 117 Å². The summed E-state index contributed by atoms with van der Waals surface area (Å²) < 4.78 is 45.9. The third-order valence-electron chi connectivity index (χ3n) is 11.2. The Balaban J connectivity index is 1.10. The molecule has 0 N–H and O–H groups in total. The van der Waals surface area contributed by atoms with E-state index in [0.717, 1.165) is 90.2 Å². The molecule has 1 fully saturated rings. The maximum atomic E-state index is 12.6. The third kappa shape index (κ3) is 10.2. The van der Waals surface area contributed by atoms with Gasteiger partial charge in [-0.05, 0) is 47.5 Å². The van der Waals surface area contributed by atoms with Crippen LogP contribution in [0.25, 0.3) is 0 Å². The molecule has 55 heavy (non-hydrogen) atoms. The van der Waals surface area contributed by atoms with Gasteiger partial charge >= 0.3 is 11.9 Å². The van der Waals surface area contributed by atoms with Gasteiger partial charge in [0.2, 0.25) is 5.75 Å². The molecule has 2 aliphatic heterocycles. The average molecular weight is 763 g/mol. The summed E-state index contributed by atoms with van der Waals surface area (Å²) >= 11 is 0. The van der Waals surface area contributed by atoms with Crippen molar-refractivity contribution in [2.75, 3.05) is 96.1 Å². The maximum Gasteiger partial charge on any atom is 0.331 e. The predicted molar refractivity (Wildman–Crippen MR) is 208 cm³/mol. The van der Waals surface area contributed by atoms with Gasteiger partial charge < -0.3 is 46.9 Å². The van der Waals surface area contributed by atoms with Gasteiger partial charge in [0, 0.05) is 54.9 Å². The van der Waals surface area contributed by atoms with E-state index >= 15 is 0 Å². The summed E-state index contributed by atoms with van der Waals surface area (Å²) in [5, 5.41) is 0. The lowest BCUT2D eigenvalue weighted by Gasteiger charge is -2.46. The highest BCUT2D eigenvalue weighted by Gasteiger charge is 2.40. The van der Waals surface area contributed by atoms with Gasteiger partial charge in [-0.2, -0.15) is 0 Å². The van der Waals surface area contributed by atoms with Crippen LogP contribution in [0.2, 0.25) is 0 Å². The molecule has 0 radical (unpaired) electrons. The molecule has 4 unspecified atom stereocenters. The number of carbonyl (C=O) groups excluding carboxylic acids is 2. The van der Waals surface area contributed by atoms with E-state index in [4.69, 9.17) is 37.9 Å². The Bertz CT molecular complexity index is 1790. The molecule has 2 heterocycles. The summed E-state index contributed by atoms with van der Waals surface area (Å²) in [6, 6.07) is 16.5. The summed E-state index contributed by atoms with van der Waals surface area (Å²) in [5.74, 6) is 3.17. The zero-order valence-electron chi connectivity index (χ0n) is 33.7. The van der Waals surface area contributed by atoms with Crippen molar-refractivity contribution in [2.45, 2.75) is 38.3 Å². The lowest BCUT2D eigenvalue weighted by molar-refractivity contribution is -0.941. The first-order chi connectivity index (χ1) is 26.5. The molecule has 0 bridgehead atoms. The van der Waals surface area contributed by atoms with Crippen LogP contribution in [0.5, 0.6) is 34.5 Å². The molecule has 298 valence electrons. The molecule has 0 spiro atoms. The first-order valence-corrected chi connectivity index (χ1v) is 18.8. The van der Waals surface area contributed by atoms with Crippen LogP contribution in [-0.2, 0) is 38.4 Å². The van der Waals surface area contributed by atoms with Gasteiger partial charge in [-0.1, -0.05) is 12.1 Å². The van der Waals surface area contributed by atoms with Crippen LogP contribution >= 0.6 is 0 Å². The molecule has 0 aromatic heterocycles. The fourth-order valence-corrected chi connectivity index (χ4v) is 8.19. The van der Waals surface area contributed by atoms with Crippen molar-refractivity contribution in [1.29, 1.82) is 0 Å². The SMILES string of the molecule is COc1ccc(CC2c3cc(OC)c(OC)cc3CC[N+]2(C)CCCOC(=O)C=CC(=O)OCC2CC[N+](C)(Cc3cc(OC)c(OC)c(OC)c3)C2)cc1. The Hall–Kier alpha value is -4.94. The van der Waals surface area contributed by atoms with Crippen LogP contribution in [0.1, 0.15) is 41.1 Å². The quantitative estimate of drug-likeness (QED) is 0.0691. The Morgan fingerprint density at radius 1 is 0.727 bits per heavy atom. The van der Waals surface area contributed by atoms with Crippen LogP contribution in [0.3, 0.4) is 0 Å². The van der Waals surface area contributed by atoms with E-state index in [-0.39, 0.29) is 25.2 Å². The highest BCUT2D eigenvalue weighted by Crippen LogP contribution is 2.43. The number of ether oxygens (including phenoxy) is 8. The maximum absolute atomic E-state index is 12.6. The molecule has 1 saturated heterocycles. The molecule has 2 aliphatic rings. The summed E-state index contributed by atoms with van der Waals surface area (Å²) in [7, 11) is 14.3. The molecule has 3 aromatic rings. The second-order valence-corrected chi connectivity index (χ2v) is 15.0. The molecular formula is C43H58N2O10+2. The zero-order valence-corrected chi connectivity index (χ0v) is 33.7. The third-order valence-corrected chi connectivity index (χ3v) is 11.2. The van der Waals surface area contributed by atoms with E-state index in [1.807, 2.05) is 24.3 Å². The van der Waals surface area contributed by atoms with E-state index in [2.05, 4.69) is 38.4 Å². The van der Waals surface area contributed by atoms with Crippen molar-refractivity contribution >= 4 is 11.9 Å². The number of nitrogens with zero attached hydrogens (tertiary/aromatic N) is 2. The minimum absolute atomic E-state index is 0.147. The summed E-state index contributed by atoms with van der Waals surface area (Å²) in [6.45, 7) is 4.81. The van der Waals surface area contributed by atoms with Gasteiger partial charge in [-0.3, -0.25) is 0 Å². The van der Waals surface area contributed by atoms with Gasteiger partial charge in [0.05, 0.1) is 89.5 Å². The number of carbonyl (C=O) groups is 2. The monoisotopic (exact) mass is 762 g/mol. The molecule has 3 aromatic carbocycles. The first kappa shape index (κ1) is 41.2. The fraction of sp³-hybridized carbons (Fsp3) is 0.488. The summed E-state index contributed by atoms with van der Waals surface area (Å²) in [5.41, 5.74) is 4.77. The van der Waals surface area contributed by atoms with Gasteiger partial charge in [0.15, 0.2) is 23.0 Å². The largest absolute Gasteiger partial charge is 0.497 e. The van der Waals surface area contributed by atoms with Crippen LogP contribution in [0.15, 0.2) is 60.7 Å². The van der Waals surface area contributed by atoms with E-state index in [1.54, 1.807) is 42.7 Å². The van der Waals surface area contributed by atoms with Crippen molar-refractivity contribution in [2.24, 2.45) is 5.92 Å². The number of likely N-dealkylation sites (tertiary alicyclic amines) is 1. The number of esters is 2. The van der Waals surface area contributed by atoms with Crippen molar-refractivity contribution < 1.29 is 56.5 Å². The van der Waals surface area contributed by atoms with Gasteiger partial charge in [-0.15, -0.1) is 0 Å². The minimum atomic E-state index is -0.564. The average Bonchev–Trinajstić information content (AvgIpc) is 3.58. The van der Waals surface area contributed by atoms with Crippen molar-refractivity contribution in [3.63, 3.8) is 0 Å². The molecule has 5 rings (SSSR count). The normalized spacial score (nSPS) is 21.7. The smallest absolute Gasteiger partial charge is 0.331 e. The predicted octanol–water partition coefficient (Wildman–Crippen LogP) is 5.72.